The van der Waals surface area contributed by atoms with Gasteiger partial charge in [-0.3, -0.25) is 4.79 Å². The smallest absolute Gasteiger partial charge is 0.319 e. The first-order valence-corrected chi connectivity index (χ1v) is 9.16. The van der Waals surface area contributed by atoms with Gasteiger partial charge in [-0.25, -0.2) is 4.79 Å². The van der Waals surface area contributed by atoms with Gasteiger partial charge >= 0.3 is 6.03 Å². The van der Waals surface area contributed by atoms with E-state index >= 15 is 0 Å². The summed E-state index contributed by atoms with van der Waals surface area (Å²) < 4.78 is 0. The highest BCUT2D eigenvalue weighted by Crippen LogP contribution is 2.27. The number of carbonyl (C=O) groups excluding carboxylic acids is 2. The number of benzene rings is 1. The summed E-state index contributed by atoms with van der Waals surface area (Å²) in [7, 11) is 0. The highest BCUT2D eigenvalue weighted by atomic mass is 16.2. The van der Waals surface area contributed by atoms with E-state index < -0.39 is 0 Å². The lowest BCUT2D eigenvalue weighted by atomic mass is 9.86. The van der Waals surface area contributed by atoms with E-state index in [1.165, 1.54) is 32.1 Å². The van der Waals surface area contributed by atoms with Gasteiger partial charge in [-0.1, -0.05) is 32.1 Å². The minimum atomic E-state index is -0.165. The Morgan fingerprint density at radius 1 is 0.875 bits per heavy atom. The zero-order valence-corrected chi connectivity index (χ0v) is 14.1. The van der Waals surface area contributed by atoms with Gasteiger partial charge in [0, 0.05) is 23.8 Å². The van der Waals surface area contributed by atoms with Crippen LogP contribution >= 0.6 is 0 Å². The van der Waals surface area contributed by atoms with Crippen LogP contribution in [0.15, 0.2) is 24.3 Å². The number of nitrogens with one attached hydrogen (secondary N) is 3. The highest BCUT2D eigenvalue weighted by molar-refractivity contribution is 5.92. The molecule has 3 rings (SSSR count). The fraction of sp³-hybridized carbons (Fsp3) is 0.579. The zero-order chi connectivity index (χ0) is 16.8. The van der Waals surface area contributed by atoms with Crippen molar-refractivity contribution >= 4 is 23.3 Å². The van der Waals surface area contributed by atoms with Crippen molar-refractivity contribution in [2.45, 2.75) is 63.8 Å². The Morgan fingerprint density at radius 3 is 2.12 bits per heavy atom. The SMILES string of the molecule is O=C(CCC1CCCCC1)Nc1ccc(NC(=O)NC2CC2)cc1. The summed E-state index contributed by atoms with van der Waals surface area (Å²) in [4.78, 5) is 23.7. The van der Waals surface area contributed by atoms with Gasteiger partial charge < -0.3 is 16.0 Å². The molecular weight excluding hydrogens is 302 g/mol. The van der Waals surface area contributed by atoms with E-state index in [0.29, 0.717) is 12.5 Å². The fourth-order valence-corrected chi connectivity index (χ4v) is 3.25. The summed E-state index contributed by atoms with van der Waals surface area (Å²) >= 11 is 0. The van der Waals surface area contributed by atoms with Crippen molar-refractivity contribution in [3.63, 3.8) is 0 Å². The molecule has 0 saturated heterocycles. The Kier molecular flexibility index (Phi) is 5.72. The molecule has 3 amide bonds. The predicted molar refractivity (Wildman–Crippen MR) is 96.1 cm³/mol. The van der Waals surface area contributed by atoms with Crippen LogP contribution in [-0.2, 0) is 4.79 Å². The average molecular weight is 329 g/mol. The van der Waals surface area contributed by atoms with Crippen LogP contribution in [0.3, 0.4) is 0 Å². The molecule has 1 aromatic carbocycles. The molecule has 0 aromatic heterocycles. The number of carbonyl (C=O) groups is 2. The van der Waals surface area contributed by atoms with Crippen molar-refractivity contribution in [1.82, 2.24) is 5.32 Å². The highest BCUT2D eigenvalue weighted by Gasteiger charge is 2.23. The summed E-state index contributed by atoms with van der Waals surface area (Å²) in [6, 6.07) is 7.44. The topological polar surface area (TPSA) is 70.2 Å². The van der Waals surface area contributed by atoms with E-state index in [1.807, 2.05) is 24.3 Å². The quantitative estimate of drug-likeness (QED) is 0.729. The molecule has 0 aliphatic heterocycles. The number of urea groups is 1. The lowest BCUT2D eigenvalue weighted by molar-refractivity contribution is -0.116. The molecule has 130 valence electrons. The normalized spacial score (nSPS) is 18.0. The first-order valence-electron chi connectivity index (χ1n) is 9.16. The van der Waals surface area contributed by atoms with Crippen molar-refractivity contribution in [2.24, 2.45) is 5.92 Å². The number of hydrogen-bond donors (Lipinski definition) is 3. The molecule has 0 heterocycles. The third-order valence-electron chi connectivity index (χ3n) is 4.84. The molecule has 2 fully saturated rings. The number of rotatable bonds is 6. The molecule has 0 spiro atoms. The Morgan fingerprint density at radius 2 is 1.50 bits per heavy atom. The standard InChI is InChI=1S/C19H27N3O2/c23-18(13-6-14-4-2-1-3-5-14)20-15-7-9-16(10-8-15)21-19(24)22-17-11-12-17/h7-10,14,17H,1-6,11-13H2,(H,20,23)(H2,21,22,24). The summed E-state index contributed by atoms with van der Waals surface area (Å²) in [6.07, 6.45) is 10.2. The third kappa shape index (κ3) is 5.55. The summed E-state index contributed by atoms with van der Waals surface area (Å²) in [5.74, 6) is 0.800. The molecule has 5 nitrogen and oxygen atoms in total. The van der Waals surface area contributed by atoms with Crippen LogP contribution in [0.1, 0.15) is 57.8 Å². The average Bonchev–Trinajstić information content (AvgIpc) is 3.39. The summed E-state index contributed by atoms with van der Waals surface area (Å²) in [6.45, 7) is 0. The molecule has 2 saturated carbocycles. The minimum Gasteiger partial charge on any atom is -0.335 e. The Labute approximate surface area is 143 Å². The molecule has 3 N–H and O–H groups in total. The second kappa shape index (κ2) is 8.18. The molecular formula is C19H27N3O2. The van der Waals surface area contributed by atoms with Crippen LogP contribution in [0.2, 0.25) is 0 Å². The van der Waals surface area contributed by atoms with Gasteiger partial charge in [0.05, 0.1) is 0 Å². The van der Waals surface area contributed by atoms with Gasteiger partial charge in [0.15, 0.2) is 0 Å². The van der Waals surface area contributed by atoms with E-state index in [9.17, 15) is 9.59 Å². The Balaban J connectivity index is 1.39. The van der Waals surface area contributed by atoms with Crippen LogP contribution in [0.25, 0.3) is 0 Å². The molecule has 0 bridgehead atoms. The fourth-order valence-electron chi connectivity index (χ4n) is 3.25. The van der Waals surface area contributed by atoms with Gasteiger partial charge in [-0.15, -0.1) is 0 Å². The van der Waals surface area contributed by atoms with Crippen LogP contribution < -0.4 is 16.0 Å². The van der Waals surface area contributed by atoms with Crippen molar-refractivity contribution in [3.8, 4) is 0 Å². The minimum absolute atomic E-state index is 0.0766. The molecule has 2 aliphatic carbocycles. The first-order chi connectivity index (χ1) is 11.7. The lowest BCUT2D eigenvalue weighted by Gasteiger charge is -2.21. The zero-order valence-electron chi connectivity index (χ0n) is 14.1. The lowest BCUT2D eigenvalue weighted by Crippen LogP contribution is -2.30. The number of hydrogen-bond acceptors (Lipinski definition) is 2. The number of amides is 3. The molecule has 0 unspecified atom stereocenters. The maximum absolute atomic E-state index is 12.1. The third-order valence-corrected chi connectivity index (χ3v) is 4.84. The Bertz CT molecular complexity index is 560. The van der Waals surface area contributed by atoms with Crippen molar-refractivity contribution in [1.29, 1.82) is 0 Å². The van der Waals surface area contributed by atoms with Gasteiger partial charge in [0.1, 0.15) is 0 Å². The van der Waals surface area contributed by atoms with Crippen molar-refractivity contribution in [2.75, 3.05) is 10.6 Å². The van der Waals surface area contributed by atoms with Crippen LogP contribution in [0, 0.1) is 5.92 Å². The predicted octanol–water partition coefficient (Wildman–Crippen LogP) is 4.27. The van der Waals surface area contributed by atoms with Crippen LogP contribution in [-0.4, -0.2) is 18.0 Å². The molecule has 1 aromatic rings. The van der Waals surface area contributed by atoms with Crippen molar-refractivity contribution < 1.29 is 9.59 Å². The van der Waals surface area contributed by atoms with Gasteiger partial charge in [-0.2, -0.15) is 0 Å². The van der Waals surface area contributed by atoms with Gasteiger partial charge in [-0.05, 0) is 49.4 Å². The summed E-state index contributed by atoms with van der Waals surface area (Å²) in [5, 5.41) is 8.61. The number of anilines is 2. The summed E-state index contributed by atoms with van der Waals surface area (Å²) in [5.41, 5.74) is 1.50. The maximum atomic E-state index is 12.1. The van der Waals surface area contributed by atoms with E-state index in [1.54, 1.807) is 0 Å². The van der Waals surface area contributed by atoms with Crippen LogP contribution in [0.4, 0.5) is 16.2 Å². The largest absolute Gasteiger partial charge is 0.335 e. The first kappa shape index (κ1) is 16.8. The molecule has 0 radical (unpaired) electrons. The maximum Gasteiger partial charge on any atom is 0.319 e. The van der Waals surface area contributed by atoms with Crippen LogP contribution in [0.5, 0.6) is 0 Å². The van der Waals surface area contributed by atoms with E-state index in [0.717, 1.165) is 36.6 Å². The molecule has 2 aliphatic rings. The molecule has 24 heavy (non-hydrogen) atoms. The van der Waals surface area contributed by atoms with E-state index in [2.05, 4.69) is 16.0 Å². The molecule has 0 atom stereocenters. The Hall–Kier alpha value is -2.04. The van der Waals surface area contributed by atoms with Gasteiger partial charge in [0.2, 0.25) is 5.91 Å². The van der Waals surface area contributed by atoms with E-state index in [-0.39, 0.29) is 11.9 Å². The molecule has 5 heteroatoms. The van der Waals surface area contributed by atoms with Crippen molar-refractivity contribution in [3.05, 3.63) is 24.3 Å². The monoisotopic (exact) mass is 329 g/mol. The van der Waals surface area contributed by atoms with Gasteiger partial charge in [0.25, 0.3) is 0 Å². The van der Waals surface area contributed by atoms with E-state index in [4.69, 9.17) is 0 Å². The second-order valence-electron chi connectivity index (χ2n) is 7.04. The second-order valence-corrected chi connectivity index (χ2v) is 7.04.